The maximum Gasteiger partial charge on any atom is 0.263 e. The lowest BCUT2D eigenvalue weighted by molar-refractivity contribution is 0.0910. The van der Waals surface area contributed by atoms with Crippen LogP contribution in [-0.2, 0) is 6.54 Å². The Morgan fingerprint density at radius 2 is 2.07 bits per heavy atom. The largest absolute Gasteiger partial charge is 0.350 e. The molecule has 1 aromatic carbocycles. The predicted molar refractivity (Wildman–Crippen MR) is 117 cm³/mol. The molecule has 2 heterocycles. The molecule has 1 N–H and O–H groups in total. The van der Waals surface area contributed by atoms with Gasteiger partial charge in [-0.3, -0.25) is 14.5 Å². The van der Waals surface area contributed by atoms with E-state index >= 15 is 0 Å². The quantitative estimate of drug-likeness (QED) is 0.743. The number of nitrogens with zero attached hydrogens (tertiary/aromatic N) is 2. The number of likely N-dealkylation sites (tertiary alicyclic amines) is 1. The van der Waals surface area contributed by atoms with Crippen LogP contribution in [0.2, 0.25) is 0 Å². The van der Waals surface area contributed by atoms with Crippen molar-refractivity contribution in [2.45, 2.75) is 58.5 Å². The fourth-order valence-corrected chi connectivity index (χ4v) is 4.09. The van der Waals surface area contributed by atoms with E-state index in [0.29, 0.717) is 19.1 Å². The van der Waals surface area contributed by atoms with Crippen molar-refractivity contribution in [3.63, 3.8) is 0 Å². The Bertz CT molecular complexity index is 874. The van der Waals surface area contributed by atoms with Crippen molar-refractivity contribution in [2.75, 3.05) is 19.6 Å². The van der Waals surface area contributed by atoms with Crippen molar-refractivity contribution in [1.29, 1.82) is 0 Å². The van der Waals surface area contributed by atoms with E-state index in [-0.39, 0.29) is 17.0 Å². The second-order valence-corrected chi connectivity index (χ2v) is 8.09. The van der Waals surface area contributed by atoms with Crippen molar-refractivity contribution in [3.05, 3.63) is 69.6 Å². The van der Waals surface area contributed by atoms with E-state index < -0.39 is 0 Å². The van der Waals surface area contributed by atoms with Gasteiger partial charge in [0.1, 0.15) is 5.56 Å². The second kappa shape index (κ2) is 10.4. The average Bonchev–Trinajstić information content (AvgIpc) is 2.72. The Labute approximate surface area is 173 Å². The first-order valence-electron chi connectivity index (χ1n) is 10.9. The van der Waals surface area contributed by atoms with Crippen LogP contribution in [0.4, 0.5) is 0 Å². The van der Waals surface area contributed by atoms with Gasteiger partial charge in [-0.1, -0.05) is 49.6 Å². The number of hydrogen-bond donors (Lipinski definition) is 1. The van der Waals surface area contributed by atoms with Crippen molar-refractivity contribution >= 4 is 5.91 Å². The number of benzene rings is 1. The summed E-state index contributed by atoms with van der Waals surface area (Å²) < 4.78 is 1.61. The van der Waals surface area contributed by atoms with E-state index in [4.69, 9.17) is 0 Å². The van der Waals surface area contributed by atoms with Gasteiger partial charge in [-0.15, -0.1) is 0 Å². The number of nitrogens with one attached hydrogen (secondary N) is 1. The van der Waals surface area contributed by atoms with Gasteiger partial charge in [-0.2, -0.15) is 0 Å². The van der Waals surface area contributed by atoms with Gasteiger partial charge in [0.2, 0.25) is 0 Å². The van der Waals surface area contributed by atoms with Gasteiger partial charge in [0.05, 0.1) is 6.54 Å². The summed E-state index contributed by atoms with van der Waals surface area (Å²) >= 11 is 0. The lowest BCUT2D eigenvalue weighted by atomic mass is 10.0. The third kappa shape index (κ3) is 5.80. The standard InChI is InChI=1S/C24H33N3O2/c1-3-4-13-26-14-6-5-11-21(26)17-25-23(28)22-12-8-15-27(24(22)29)18-20-10-7-9-19(2)16-20/h7-10,12,15-16,21H,3-6,11,13-14,17-18H2,1-2H3,(H,25,28). The lowest BCUT2D eigenvalue weighted by Gasteiger charge is -2.35. The molecule has 1 aliphatic heterocycles. The summed E-state index contributed by atoms with van der Waals surface area (Å²) in [6.45, 7) is 7.51. The fraction of sp³-hybridized carbons (Fsp3) is 0.500. The van der Waals surface area contributed by atoms with E-state index in [2.05, 4.69) is 23.2 Å². The number of unbranched alkanes of at least 4 members (excludes halogenated alkanes) is 1. The number of aromatic nitrogens is 1. The maximum absolute atomic E-state index is 12.8. The SMILES string of the molecule is CCCCN1CCCCC1CNC(=O)c1cccn(Cc2cccc(C)c2)c1=O. The molecule has 1 atom stereocenters. The van der Waals surface area contributed by atoms with Crippen LogP contribution in [0.1, 0.15) is 60.5 Å². The molecule has 0 bridgehead atoms. The lowest BCUT2D eigenvalue weighted by Crippen LogP contribution is -2.47. The average molecular weight is 396 g/mol. The number of amides is 1. The highest BCUT2D eigenvalue weighted by Crippen LogP contribution is 2.17. The molecule has 156 valence electrons. The maximum atomic E-state index is 12.8. The number of pyridine rings is 1. The van der Waals surface area contributed by atoms with E-state index in [9.17, 15) is 9.59 Å². The Kier molecular flexibility index (Phi) is 7.64. The summed E-state index contributed by atoms with van der Waals surface area (Å²) in [5.74, 6) is -0.269. The summed E-state index contributed by atoms with van der Waals surface area (Å²) in [6.07, 6.45) is 7.66. The van der Waals surface area contributed by atoms with Gasteiger partial charge in [0, 0.05) is 18.8 Å². The van der Waals surface area contributed by atoms with E-state index in [0.717, 1.165) is 30.6 Å². The molecule has 0 aliphatic carbocycles. The molecule has 5 nitrogen and oxygen atoms in total. The molecule has 1 unspecified atom stereocenters. The molecule has 1 aliphatic rings. The Morgan fingerprint density at radius 3 is 2.86 bits per heavy atom. The smallest absolute Gasteiger partial charge is 0.263 e. The van der Waals surface area contributed by atoms with Crippen LogP contribution in [0.3, 0.4) is 0 Å². The van der Waals surface area contributed by atoms with Crippen molar-refractivity contribution in [1.82, 2.24) is 14.8 Å². The first-order valence-corrected chi connectivity index (χ1v) is 10.9. The molecule has 3 rings (SSSR count). The molecule has 0 spiro atoms. The van der Waals surface area contributed by atoms with Gasteiger partial charge in [0.25, 0.3) is 11.5 Å². The third-order valence-electron chi connectivity index (χ3n) is 5.75. The van der Waals surface area contributed by atoms with Gasteiger partial charge in [0.15, 0.2) is 0 Å². The molecule has 1 amide bonds. The summed E-state index contributed by atoms with van der Waals surface area (Å²) in [4.78, 5) is 28.1. The first-order chi connectivity index (χ1) is 14.1. The Balaban J connectivity index is 1.65. The van der Waals surface area contributed by atoms with E-state index in [1.807, 2.05) is 25.1 Å². The number of piperidine rings is 1. The second-order valence-electron chi connectivity index (χ2n) is 8.09. The fourth-order valence-electron chi connectivity index (χ4n) is 4.09. The van der Waals surface area contributed by atoms with Gasteiger partial charge in [-0.05, 0) is 57.0 Å². The zero-order valence-electron chi connectivity index (χ0n) is 17.7. The van der Waals surface area contributed by atoms with Crippen LogP contribution < -0.4 is 10.9 Å². The molecule has 5 heteroatoms. The normalized spacial score (nSPS) is 17.2. The highest BCUT2D eigenvalue weighted by Gasteiger charge is 2.23. The number of hydrogen-bond acceptors (Lipinski definition) is 3. The third-order valence-corrected chi connectivity index (χ3v) is 5.75. The van der Waals surface area contributed by atoms with Crippen molar-refractivity contribution < 1.29 is 4.79 Å². The number of carbonyl (C=O) groups excluding carboxylic acids is 1. The topological polar surface area (TPSA) is 54.3 Å². The Hall–Kier alpha value is -2.40. The molecule has 2 aromatic rings. The Morgan fingerprint density at radius 1 is 1.21 bits per heavy atom. The van der Waals surface area contributed by atoms with Crippen LogP contribution in [0.15, 0.2) is 47.4 Å². The number of aryl methyl sites for hydroxylation is 1. The minimum atomic E-state index is -0.269. The highest BCUT2D eigenvalue weighted by molar-refractivity contribution is 5.93. The van der Waals surface area contributed by atoms with E-state index in [1.165, 1.54) is 25.7 Å². The molecule has 1 fully saturated rings. The molecular weight excluding hydrogens is 362 g/mol. The predicted octanol–water partition coefficient (Wildman–Crippen LogP) is 3.59. The molecular formula is C24H33N3O2. The van der Waals surface area contributed by atoms with Crippen molar-refractivity contribution in [3.8, 4) is 0 Å². The van der Waals surface area contributed by atoms with Gasteiger partial charge in [-0.25, -0.2) is 0 Å². The van der Waals surface area contributed by atoms with Crippen LogP contribution >= 0.6 is 0 Å². The van der Waals surface area contributed by atoms with Gasteiger partial charge >= 0.3 is 0 Å². The number of rotatable bonds is 8. The molecule has 0 saturated carbocycles. The first kappa shape index (κ1) is 21.3. The minimum Gasteiger partial charge on any atom is -0.350 e. The van der Waals surface area contributed by atoms with Crippen LogP contribution in [-0.4, -0.2) is 41.1 Å². The zero-order valence-corrected chi connectivity index (χ0v) is 17.7. The van der Waals surface area contributed by atoms with Crippen molar-refractivity contribution in [2.24, 2.45) is 0 Å². The highest BCUT2D eigenvalue weighted by atomic mass is 16.2. The summed E-state index contributed by atoms with van der Waals surface area (Å²) in [7, 11) is 0. The molecule has 1 saturated heterocycles. The van der Waals surface area contributed by atoms with Crippen LogP contribution in [0.5, 0.6) is 0 Å². The van der Waals surface area contributed by atoms with Gasteiger partial charge < -0.3 is 9.88 Å². The monoisotopic (exact) mass is 395 g/mol. The zero-order chi connectivity index (χ0) is 20.6. The summed E-state index contributed by atoms with van der Waals surface area (Å²) in [6, 6.07) is 11.9. The van der Waals surface area contributed by atoms with Crippen LogP contribution in [0, 0.1) is 6.92 Å². The molecule has 1 aromatic heterocycles. The molecule has 0 radical (unpaired) electrons. The summed E-state index contributed by atoms with van der Waals surface area (Å²) in [5, 5.41) is 3.02. The van der Waals surface area contributed by atoms with E-state index in [1.54, 1.807) is 22.9 Å². The number of carbonyl (C=O) groups is 1. The summed E-state index contributed by atoms with van der Waals surface area (Å²) in [5.41, 5.74) is 2.19. The van der Waals surface area contributed by atoms with Crippen LogP contribution in [0.25, 0.3) is 0 Å². The molecule has 29 heavy (non-hydrogen) atoms. The minimum absolute atomic E-state index is 0.219.